The van der Waals surface area contributed by atoms with E-state index in [1.54, 1.807) is 26.0 Å². The first-order valence-electron chi connectivity index (χ1n) is 8.84. The Morgan fingerprint density at radius 3 is 2.43 bits per heavy atom. The smallest absolute Gasteiger partial charge is 0.431 e. The molecular formula is C20H24N3O5+. The first kappa shape index (κ1) is 19.5. The van der Waals surface area contributed by atoms with E-state index in [0.29, 0.717) is 30.3 Å². The van der Waals surface area contributed by atoms with Crippen molar-refractivity contribution >= 4 is 0 Å². The summed E-state index contributed by atoms with van der Waals surface area (Å²) in [6.45, 7) is 1.05. The van der Waals surface area contributed by atoms with Crippen molar-refractivity contribution in [2.45, 2.75) is 13.0 Å². The van der Waals surface area contributed by atoms with E-state index in [4.69, 9.17) is 18.7 Å². The van der Waals surface area contributed by atoms with Crippen LogP contribution < -0.4 is 29.8 Å². The quantitative estimate of drug-likeness (QED) is 0.429. The maximum absolute atomic E-state index is 12.0. The lowest BCUT2D eigenvalue weighted by molar-refractivity contribution is -0.677. The monoisotopic (exact) mass is 386 g/mol. The van der Waals surface area contributed by atoms with Gasteiger partial charge in [0.15, 0.2) is 11.5 Å². The second-order valence-corrected chi connectivity index (χ2v) is 6.08. The van der Waals surface area contributed by atoms with Gasteiger partial charge in [-0.3, -0.25) is 4.52 Å². The van der Waals surface area contributed by atoms with Crippen molar-refractivity contribution in [1.82, 2.24) is 10.6 Å². The molecule has 3 rings (SSSR count). The van der Waals surface area contributed by atoms with E-state index in [1.165, 1.54) is 0 Å². The van der Waals surface area contributed by atoms with Gasteiger partial charge in [-0.25, -0.2) is 4.79 Å². The molecule has 0 aliphatic heterocycles. The van der Waals surface area contributed by atoms with Gasteiger partial charge in [-0.15, -0.1) is 0 Å². The fourth-order valence-electron chi connectivity index (χ4n) is 2.86. The molecule has 0 atom stereocenters. The summed E-state index contributed by atoms with van der Waals surface area (Å²) in [6, 6.07) is 13.2. The Hall–Kier alpha value is -3.26. The molecule has 0 unspecified atom stereocenters. The Kier molecular flexibility index (Phi) is 6.33. The number of methoxy groups -OCH3 is 3. The molecule has 3 aromatic rings. The molecule has 0 radical (unpaired) electrons. The van der Waals surface area contributed by atoms with Crippen LogP contribution in [-0.4, -0.2) is 33.1 Å². The minimum absolute atomic E-state index is 0.366. The summed E-state index contributed by atoms with van der Waals surface area (Å²) in [5.74, 6) is 2.14. The van der Waals surface area contributed by atoms with Crippen molar-refractivity contribution in [2.75, 3.05) is 27.9 Å². The summed E-state index contributed by atoms with van der Waals surface area (Å²) in [5.41, 5.74) is 1.96. The van der Waals surface area contributed by atoms with E-state index in [-0.39, 0.29) is 0 Å². The Labute approximate surface area is 162 Å². The minimum Gasteiger partial charge on any atom is -0.497 e. The number of rotatable bonds is 9. The highest BCUT2D eigenvalue weighted by molar-refractivity contribution is 5.43. The lowest BCUT2D eigenvalue weighted by Gasteiger charge is -2.09. The number of hydrogen-bond donors (Lipinski definition) is 2. The van der Waals surface area contributed by atoms with Crippen LogP contribution in [0.2, 0.25) is 0 Å². The van der Waals surface area contributed by atoms with Gasteiger partial charge in [0.1, 0.15) is 5.75 Å². The van der Waals surface area contributed by atoms with Crippen LogP contribution in [0.3, 0.4) is 0 Å². The molecule has 1 heterocycles. The minimum atomic E-state index is -0.408. The number of H-pyrrole nitrogens is 1. The van der Waals surface area contributed by atoms with Crippen LogP contribution in [0.5, 0.6) is 17.2 Å². The lowest BCUT2D eigenvalue weighted by Crippen LogP contribution is -2.41. The van der Waals surface area contributed by atoms with E-state index in [1.807, 2.05) is 42.5 Å². The van der Waals surface area contributed by atoms with Gasteiger partial charge in [0.05, 0.1) is 27.9 Å². The SMILES string of the molecule is COc1ccc(-[n+]2[nH]oc(=O)c2CNCCc2ccc(OC)c(OC)c2)cc1. The first-order chi connectivity index (χ1) is 13.7. The Morgan fingerprint density at radius 2 is 1.75 bits per heavy atom. The Morgan fingerprint density at radius 1 is 1.00 bits per heavy atom. The molecule has 0 aliphatic rings. The molecule has 0 spiro atoms. The molecule has 0 saturated carbocycles. The second-order valence-electron chi connectivity index (χ2n) is 6.08. The summed E-state index contributed by atoms with van der Waals surface area (Å²) < 4.78 is 22.3. The number of hydrogen-bond acceptors (Lipinski definition) is 6. The van der Waals surface area contributed by atoms with Gasteiger partial charge in [0.2, 0.25) is 5.69 Å². The van der Waals surface area contributed by atoms with Crippen LogP contribution >= 0.6 is 0 Å². The van der Waals surface area contributed by atoms with Crippen molar-refractivity contribution in [3.05, 3.63) is 64.1 Å². The average Bonchev–Trinajstić information content (AvgIpc) is 3.11. The highest BCUT2D eigenvalue weighted by Crippen LogP contribution is 2.27. The number of benzene rings is 2. The Bertz CT molecular complexity index is 963. The van der Waals surface area contributed by atoms with Gasteiger partial charge in [-0.1, -0.05) is 6.07 Å². The van der Waals surface area contributed by atoms with E-state index in [0.717, 1.165) is 23.4 Å². The zero-order valence-electron chi connectivity index (χ0n) is 16.2. The molecule has 8 heteroatoms. The van der Waals surface area contributed by atoms with Crippen LogP contribution in [0, 0.1) is 0 Å². The van der Waals surface area contributed by atoms with E-state index < -0.39 is 5.63 Å². The molecule has 1 aromatic heterocycles. The molecule has 0 amide bonds. The van der Waals surface area contributed by atoms with E-state index >= 15 is 0 Å². The van der Waals surface area contributed by atoms with Crippen molar-refractivity contribution in [2.24, 2.45) is 0 Å². The standard InChI is InChI=1S/C20H23N3O5/c1-25-16-7-5-15(6-8-16)23-17(20(24)28-22-23)13-21-11-10-14-4-9-18(26-2)19(12-14)27-3/h4-9,12,21H,10-11,13H2,1-3H3/p+1. The third kappa shape index (κ3) is 4.34. The van der Waals surface area contributed by atoms with Gasteiger partial charge in [0.25, 0.3) is 0 Å². The average molecular weight is 386 g/mol. The molecule has 0 saturated heterocycles. The normalized spacial score (nSPS) is 10.7. The Balaban J connectivity index is 1.62. The van der Waals surface area contributed by atoms with E-state index in [9.17, 15) is 4.79 Å². The summed E-state index contributed by atoms with van der Waals surface area (Å²) in [6.07, 6.45) is 0.776. The fraction of sp³-hybridized carbons (Fsp3) is 0.300. The molecule has 148 valence electrons. The summed E-state index contributed by atoms with van der Waals surface area (Å²) in [4.78, 5) is 12.0. The zero-order chi connectivity index (χ0) is 19.9. The predicted molar refractivity (Wildman–Crippen MR) is 102 cm³/mol. The van der Waals surface area contributed by atoms with Crippen LogP contribution in [0.25, 0.3) is 5.69 Å². The molecule has 28 heavy (non-hydrogen) atoms. The van der Waals surface area contributed by atoms with Crippen molar-refractivity contribution in [1.29, 1.82) is 0 Å². The maximum atomic E-state index is 12.0. The van der Waals surface area contributed by atoms with Gasteiger partial charge in [-0.05, 0) is 52.7 Å². The van der Waals surface area contributed by atoms with Crippen LogP contribution in [-0.2, 0) is 13.0 Å². The van der Waals surface area contributed by atoms with Gasteiger partial charge >= 0.3 is 11.3 Å². The topological polar surface area (TPSA) is 89.6 Å². The maximum Gasteiger partial charge on any atom is 0.431 e. The largest absolute Gasteiger partial charge is 0.497 e. The number of aromatic amines is 1. The van der Waals surface area contributed by atoms with Crippen molar-refractivity contribution in [3.8, 4) is 22.9 Å². The number of aromatic nitrogens is 2. The summed E-state index contributed by atoms with van der Waals surface area (Å²) >= 11 is 0. The molecule has 0 fully saturated rings. The number of nitrogens with zero attached hydrogens (tertiary/aromatic N) is 1. The highest BCUT2D eigenvalue weighted by Gasteiger charge is 2.22. The zero-order valence-corrected chi connectivity index (χ0v) is 16.2. The fourth-order valence-corrected chi connectivity index (χ4v) is 2.86. The van der Waals surface area contributed by atoms with Gasteiger partial charge in [-0.2, -0.15) is 0 Å². The molecule has 2 aromatic carbocycles. The number of nitrogens with one attached hydrogen (secondary N) is 2. The molecular weight excluding hydrogens is 362 g/mol. The third-order valence-corrected chi connectivity index (χ3v) is 4.40. The highest BCUT2D eigenvalue weighted by atomic mass is 16.5. The van der Waals surface area contributed by atoms with E-state index in [2.05, 4.69) is 10.6 Å². The van der Waals surface area contributed by atoms with Crippen LogP contribution in [0.1, 0.15) is 11.3 Å². The summed E-state index contributed by atoms with van der Waals surface area (Å²) in [7, 11) is 4.83. The van der Waals surface area contributed by atoms with Crippen LogP contribution in [0.4, 0.5) is 0 Å². The number of ether oxygens (including phenoxy) is 3. The molecule has 8 nitrogen and oxygen atoms in total. The molecule has 2 N–H and O–H groups in total. The predicted octanol–water partition coefficient (Wildman–Crippen LogP) is 1.60. The lowest BCUT2D eigenvalue weighted by atomic mass is 10.1. The molecule has 0 aliphatic carbocycles. The molecule has 0 bridgehead atoms. The second kappa shape index (κ2) is 9.09. The van der Waals surface area contributed by atoms with Crippen molar-refractivity contribution in [3.63, 3.8) is 0 Å². The van der Waals surface area contributed by atoms with Crippen molar-refractivity contribution < 1.29 is 23.4 Å². The third-order valence-electron chi connectivity index (χ3n) is 4.40. The van der Waals surface area contributed by atoms with Gasteiger partial charge < -0.3 is 19.5 Å². The van der Waals surface area contributed by atoms with Gasteiger partial charge in [0, 0.05) is 12.1 Å². The first-order valence-corrected chi connectivity index (χ1v) is 8.84. The van der Waals surface area contributed by atoms with Crippen LogP contribution in [0.15, 0.2) is 51.8 Å². The summed E-state index contributed by atoms with van der Waals surface area (Å²) in [5, 5.41) is 5.91.